The second-order valence-electron chi connectivity index (χ2n) is 5.41. The maximum atomic E-state index is 9.93. The highest BCUT2D eigenvalue weighted by Gasteiger charge is 2.13. The van der Waals surface area contributed by atoms with Gasteiger partial charge in [0, 0.05) is 16.8 Å². The van der Waals surface area contributed by atoms with Crippen LogP contribution in [0.1, 0.15) is 0 Å². The van der Waals surface area contributed by atoms with Crippen molar-refractivity contribution in [1.82, 2.24) is 9.38 Å². The maximum absolute atomic E-state index is 9.93. The molecule has 0 radical (unpaired) electrons. The first-order valence-corrected chi connectivity index (χ1v) is 8.03. The summed E-state index contributed by atoms with van der Waals surface area (Å²) < 4.78 is 1.85. The number of rotatable bonds is 3. The number of aromatic nitrogens is 2. The fraction of sp³-hybridized carbons (Fsp3) is 0. The number of nitrogens with zero attached hydrogens (tertiary/aromatic N) is 4. The van der Waals surface area contributed by atoms with E-state index >= 15 is 0 Å². The summed E-state index contributed by atoms with van der Waals surface area (Å²) in [6, 6.07) is 20.2. The summed E-state index contributed by atoms with van der Waals surface area (Å²) in [6.07, 6.45) is 1.88. The van der Waals surface area contributed by atoms with Crippen LogP contribution in [0, 0.1) is 0 Å². The minimum absolute atomic E-state index is 0.0169. The average Bonchev–Trinajstić information content (AvgIpc) is 3.02. The lowest BCUT2D eigenvalue weighted by Crippen LogP contribution is -1.81. The minimum Gasteiger partial charge on any atom is -0.506 e. The molecule has 0 spiro atoms. The first kappa shape index (κ1) is 15.4. The number of phenols is 1. The molecule has 0 unspecified atom stereocenters. The van der Waals surface area contributed by atoms with Gasteiger partial charge in [0.05, 0.1) is 0 Å². The Balaban J connectivity index is 1.88. The highest BCUT2D eigenvalue weighted by atomic mass is 35.5. The Hall–Kier alpha value is -3.18. The van der Waals surface area contributed by atoms with Crippen molar-refractivity contribution in [2.45, 2.75) is 0 Å². The van der Waals surface area contributed by atoms with E-state index in [2.05, 4.69) is 15.2 Å². The van der Waals surface area contributed by atoms with Gasteiger partial charge in [-0.3, -0.25) is 4.40 Å². The van der Waals surface area contributed by atoms with Crippen molar-refractivity contribution in [2.24, 2.45) is 10.2 Å². The fourth-order valence-electron chi connectivity index (χ4n) is 2.55. The van der Waals surface area contributed by atoms with Crippen LogP contribution in [0.15, 0.2) is 83.2 Å². The van der Waals surface area contributed by atoms with Crippen LogP contribution in [-0.4, -0.2) is 14.5 Å². The molecule has 25 heavy (non-hydrogen) atoms. The molecule has 5 nitrogen and oxygen atoms in total. The van der Waals surface area contributed by atoms with Gasteiger partial charge in [-0.15, -0.1) is 10.2 Å². The molecule has 0 saturated heterocycles. The first-order valence-electron chi connectivity index (χ1n) is 7.65. The summed E-state index contributed by atoms with van der Waals surface area (Å²) in [6.45, 7) is 0. The van der Waals surface area contributed by atoms with Crippen LogP contribution >= 0.6 is 11.6 Å². The van der Waals surface area contributed by atoms with E-state index in [4.69, 9.17) is 11.6 Å². The van der Waals surface area contributed by atoms with Gasteiger partial charge in [0.1, 0.15) is 22.8 Å². The molecule has 0 saturated carbocycles. The lowest BCUT2D eigenvalue weighted by atomic mass is 10.1. The molecular formula is C19H13ClN4O. The van der Waals surface area contributed by atoms with Crippen LogP contribution in [0.25, 0.3) is 16.9 Å². The summed E-state index contributed by atoms with van der Waals surface area (Å²) in [5.41, 5.74) is 2.73. The van der Waals surface area contributed by atoms with Gasteiger partial charge in [-0.05, 0) is 30.3 Å². The molecule has 2 aromatic carbocycles. The smallest absolute Gasteiger partial charge is 0.187 e. The van der Waals surface area contributed by atoms with Gasteiger partial charge in [-0.1, -0.05) is 48.0 Å². The Morgan fingerprint density at radius 3 is 2.56 bits per heavy atom. The van der Waals surface area contributed by atoms with E-state index in [9.17, 15) is 5.11 Å². The second-order valence-corrected chi connectivity index (χ2v) is 5.85. The van der Waals surface area contributed by atoms with E-state index in [0.717, 1.165) is 16.9 Å². The molecule has 0 aliphatic carbocycles. The zero-order valence-electron chi connectivity index (χ0n) is 13.0. The maximum Gasteiger partial charge on any atom is 0.187 e. The summed E-state index contributed by atoms with van der Waals surface area (Å²) in [7, 11) is 0. The van der Waals surface area contributed by atoms with Gasteiger partial charge in [0.15, 0.2) is 5.82 Å². The number of azo groups is 1. The third kappa shape index (κ3) is 2.97. The van der Waals surface area contributed by atoms with E-state index in [-0.39, 0.29) is 5.75 Å². The third-order valence-electron chi connectivity index (χ3n) is 3.74. The number of hydrogen-bond donors (Lipinski definition) is 1. The molecule has 0 fully saturated rings. The van der Waals surface area contributed by atoms with Crippen LogP contribution < -0.4 is 0 Å². The molecule has 122 valence electrons. The number of benzene rings is 2. The van der Waals surface area contributed by atoms with Gasteiger partial charge < -0.3 is 5.11 Å². The summed E-state index contributed by atoms with van der Waals surface area (Å²) in [5.74, 6) is 0.601. The van der Waals surface area contributed by atoms with Crippen molar-refractivity contribution in [3.05, 3.63) is 77.9 Å². The number of phenolic OH excluding ortho intramolecular Hbond substituents is 1. The zero-order valence-corrected chi connectivity index (χ0v) is 13.8. The number of fused-ring (bicyclic) bond motifs is 1. The van der Waals surface area contributed by atoms with Crippen molar-refractivity contribution < 1.29 is 5.11 Å². The fourth-order valence-corrected chi connectivity index (χ4v) is 2.71. The summed E-state index contributed by atoms with van der Waals surface area (Å²) in [4.78, 5) is 4.66. The largest absolute Gasteiger partial charge is 0.506 e. The molecule has 0 aliphatic rings. The van der Waals surface area contributed by atoms with Crippen LogP contribution in [0.2, 0.25) is 5.02 Å². The molecule has 0 atom stereocenters. The lowest BCUT2D eigenvalue weighted by Gasteiger charge is -2.01. The molecule has 1 N–H and O–H groups in total. The van der Waals surface area contributed by atoms with Crippen LogP contribution in [0.3, 0.4) is 0 Å². The summed E-state index contributed by atoms with van der Waals surface area (Å²) in [5, 5.41) is 18.9. The normalized spacial score (nSPS) is 11.4. The topological polar surface area (TPSA) is 62.2 Å². The number of imidazole rings is 1. The van der Waals surface area contributed by atoms with Gasteiger partial charge >= 0.3 is 0 Å². The quantitative estimate of drug-likeness (QED) is 0.477. The van der Waals surface area contributed by atoms with Crippen LogP contribution in [-0.2, 0) is 0 Å². The van der Waals surface area contributed by atoms with Crippen molar-refractivity contribution in [3.8, 4) is 17.0 Å². The number of pyridine rings is 1. The molecule has 0 bridgehead atoms. The zero-order chi connectivity index (χ0) is 17.2. The molecule has 4 aromatic rings. The van der Waals surface area contributed by atoms with Crippen molar-refractivity contribution >= 4 is 28.8 Å². The predicted molar refractivity (Wildman–Crippen MR) is 97.9 cm³/mol. The molecule has 2 heterocycles. The third-order valence-corrected chi connectivity index (χ3v) is 3.98. The van der Waals surface area contributed by atoms with Crippen LogP contribution in [0.5, 0.6) is 5.75 Å². The van der Waals surface area contributed by atoms with Crippen molar-refractivity contribution in [3.63, 3.8) is 0 Å². The number of halogens is 1. The van der Waals surface area contributed by atoms with Gasteiger partial charge in [0.2, 0.25) is 0 Å². The van der Waals surface area contributed by atoms with Crippen LogP contribution in [0.4, 0.5) is 11.5 Å². The van der Waals surface area contributed by atoms with E-state index in [1.807, 2.05) is 59.1 Å². The highest BCUT2D eigenvalue weighted by molar-refractivity contribution is 6.30. The van der Waals surface area contributed by atoms with Gasteiger partial charge in [0.25, 0.3) is 0 Å². The number of aromatic hydroxyl groups is 1. The van der Waals surface area contributed by atoms with E-state index in [1.54, 1.807) is 12.1 Å². The van der Waals surface area contributed by atoms with Gasteiger partial charge in [-0.25, -0.2) is 4.98 Å². The Bertz CT molecular complexity index is 1070. The Morgan fingerprint density at radius 1 is 0.920 bits per heavy atom. The molecule has 2 aromatic heterocycles. The van der Waals surface area contributed by atoms with E-state index in [1.165, 1.54) is 6.07 Å². The Morgan fingerprint density at radius 2 is 1.72 bits per heavy atom. The monoisotopic (exact) mass is 348 g/mol. The van der Waals surface area contributed by atoms with E-state index in [0.29, 0.717) is 16.5 Å². The second kappa shape index (κ2) is 6.37. The standard InChI is InChI=1S/C19H13ClN4O/c20-14-9-10-16(25)15(12-14)22-23-19-18(13-6-2-1-3-7-13)21-17-8-4-5-11-24(17)19/h1-12,25H. The number of hydrogen-bond acceptors (Lipinski definition) is 4. The SMILES string of the molecule is Oc1ccc(Cl)cc1N=Nc1c(-c2ccccc2)nc2ccccn12. The molecule has 0 amide bonds. The lowest BCUT2D eigenvalue weighted by molar-refractivity contribution is 0.476. The summed E-state index contributed by atoms with van der Waals surface area (Å²) >= 11 is 5.97. The first-order chi connectivity index (χ1) is 12.2. The molecular weight excluding hydrogens is 336 g/mol. The van der Waals surface area contributed by atoms with Crippen molar-refractivity contribution in [1.29, 1.82) is 0 Å². The van der Waals surface area contributed by atoms with E-state index < -0.39 is 0 Å². The minimum atomic E-state index is 0.0169. The van der Waals surface area contributed by atoms with Gasteiger partial charge in [-0.2, -0.15) is 0 Å². The van der Waals surface area contributed by atoms with Crippen molar-refractivity contribution in [2.75, 3.05) is 0 Å². The molecule has 6 heteroatoms. The predicted octanol–water partition coefficient (Wildman–Crippen LogP) is 5.78. The molecule has 0 aliphatic heterocycles. The average molecular weight is 349 g/mol. The Kier molecular flexibility index (Phi) is 3.91. The highest BCUT2D eigenvalue weighted by Crippen LogP contribution is 2.34. The molecule has 4 rings (SSSR count). The Labute approximate surface area is 148 Å².